The van der Waals surface area contributed by atoms with E-state index in [1.807, 2.05) is 37.3 Å². The van der Waals surface area contributed by atoms with Crippen molar-refractivity contribution >= 4 is 5.97 Å². The summed E-state index contributed by atoms with van der Waals surface area (Å²) in [6.45, 7) is 2.05. The molecule has 3 rings (SSSR count). The molecule has 3 unspecified atom stereocenters. The molecule has 21 heavy (non-hydrogen) atoms. The lowest BCUT2D eigenvalue weighted by molar-refractivity contribution is -0.142. The second-order valence-corrected chi connectivity index (χ2v) is 6.05. The van der Waals surface area contributed by atoms with Gasteiger partial charge in [0.1, 0.15) is 0 Å². The molecule has 2 nitrogen and oxygen atoms in total. The van der Waals surface area contributed by atoms with Crippen LogP contribution in [0.1, 0.15) is 29.0 Å². The van der Waals surface area contributed by atoms with Crippen molar-refractivity contribution in [3.05, 3.63) is 71.3 Å². The normalized spacial score (nSPS) is 21.8. The fourth-order valence-corrected chi connectivity index (χ4v) is 3.14. The van der Waals surface area contributed by atoms with E-state index in [1.54, 1.807) is 0 Å². The molecule has 0 bridgehead atoms. The highest BCUT2D eigenvalue weighted by Gasteiger charge is 2.46. The van der Waals surface area contributed by atoms with Crippen LogP contribution in [0.3, 0.4) is 0 Å². The zero-order chi connectivity index (χ0) is 14.8. The van der Waals surface area contributed by atoms with Gasteiger partial charge in [0.25, 0.3) is 0 Å². The molecule has 0 amide bonds. The summed E-state index contributed by atoms with van der Waals surface area (Å²) >= 11 is 0. The highest BCUT2D eigenvalue weighted by Crippen LogP contribution is 2.52. The van der Waals surface area contributed by atoms with Crippen LogP contribution in [0.4, 0.5) is 0 Å². The van der Waals surface area contributed by atoms with Crippen LogP contribution < -0.4 is 0 Å². The highest BCUT2D eigenvalue weighted by molar-refractivity contribution is 5.71. The first-order chi connectivity index (χ1) is 10.1. The largest absolute Gasteiger partial charge is 0.481 e. The Balaban J connectivity index is 1.72. The van der Waals surface area contributed by atoms with Gasteiger partial charge in [-0.2, -0.15) is 0 Å². The summed E-state index contributed by atoms with van der Waals surface area (Å²) in [7, 11) is 0. The molecule has 0 saturated heterocycles. The number of aliphatic carboxylic acids is 1. The van der Waals surface area contributed by atoms with Gasteiger partial charge in [0, 0.05) is 0 Å². The lowest BCUT2D eigenvalue weighted by atomic mass is 9.92. The van der Waals surface area contributed by atoms with Crippen molar-refractivity contribution in [1.29, 1.82) is 0 Å². The van der Waals surface area contributed by atoms with Gasteiger partial charge >= 0.3 is 5.97 Å². The lowest BCUT2D eigenvalue weighted by Crippen LogP contribution is -2.19. The third kappa shape index (κ3) is 3.15. The molecule has 1 N–H and O–H groups in total. The first-order valence-corrected chi connectivity index (χ1v) is 7.48. The zero-order valence-electron chi connectivity index (χ0n) is 12.2. The molecule has 1 aliphatic rings. The maximum Gasteiger partial charge on any atom is 0.307 e. The minimum absolute atomic E-state index is 0.270. The van der Waals surface area contributed by atoms with E-state index in [1.165, 1.54) is 11.1 Å². The summed E-state index contributed by atoms with van der Waals surface area (Å²) in [5.74, 6) is -0.263. The molecule has 1 fully saturated rings. The number of hydrogen-bond acceptors (Lipinski definition) is 1. The van der Waals surface area contributed by atoms with Crippen LogP contribution in [-0.2, 0) is 11.2 Å². The predicted molar refractivity (Wildman–Crippen MR) is 83.3 cm³/mol. The van der Waals surface area contributed by atoms with E-state index in [2.05, 4.69) is 24.3 Å². The van der Waals surface area contributed by atoms with Crippen LogP contribution in [0.5, 0.6) is 0 Å². The van der Waals surface area contributed by atoms with Crippen molar-refractivity contribution in [3.8, 4) is 0 Å². The fraction of sp³-hybridized carbons (Fsp3) is 0.316. The molecule has 0 radical (unpaired) electrons. The molecule has 3 atom stereocenters. The Morgan fingerprint density at radius 3 is 2.43 bits per heavy atom. The van der Waals surface area contributed by atoms with Gasteiger partial charge in [0.05, 0.1) is 5.92 Å². The third-order valence-corrected chi connectivity index (χ3v) is 4.48. The van der Waals surface area contributed by atoms with E-state index in [-0.39, 0.29) is 11.8 Å². The molecule has 0 aromatic heterocycles. The molecule has 0 spiro atoms. The van der Waals surface area contributed by atoms with Gasteiger partial charge in [0.15, 0.2) is 0 Å². The van der Waals surface area contributed by atoms with Crippen LogP contribution in [0, 0.1) is 18.8 Å². The third-order valence-electron chi connectivity index (χ3n) is 4.48. The first kappa shape index (κ1) is 13.9. The van der Waals surface area contributed by atoms with Gasteiger partial charge < -0.3 is 5.11 Å². The van der Waals surface area contributed by atoms with Gasteiger partial charge in [-0.15, -0.1) is 0 Å². The van der Waals surface area contributed by atoms with E-state index in [0.29, 0.717) is 12.3 Å². The SMILES string of the molecule is Cc1ccc(CC(C(=O)O)C2CC2c2ccccc2)cc1. The van der Waals surface area contributed by atoms with Crippen LogP contribution in [0.2, 0.25) is 0 Å². The van der Waals surface area contributed by atoms with Crippen molar-refractivity contribution in [1.82, 2.24) is 0 Å². The number of carboxylic acid groups (broad SMARTS) is 1. The average Bonchev–Trinajstić information content (AvgIpc) is 3.27. The van der Waals surface area contributed by atoms with Gasteiger partial charge in [-0.1, -0.05) is 60.2 Å². The molecule has 0 heterocycles. The van der Waals surface area contributed by atoms with E-state index in [9.17, 15) is 9.90 Å². The maximum absolute atomic E-state index is 11.6. The number of carboxylic acids is 1. The second kappa shape index (κ2) is 5.72. The predicted octanol–water partition coefficient (Wildman–Crippen LogP) is 4.04. The zero-order valence-corrected chi connectivity index (χ0v) is 12.2. The number of benzene rings is 2. The van der Waals surface area contributed by atoms with Crippen LogP contribution in [0.25, 0.3) is 0 Å². The monoisotopic (exact) mass is 280 g/mol. The Morgan fingerprint density at radius 1 is 1.14 bits per heavy atom. The van der Waals surface area contributed by atoms with Crippen molar-refractivity contribution in [3.63, 3.8) is 0 Å². The first-order valence-electron chi connectivity index (χ1n) is 7.48. The Bertz CT molecular complexity index is 616. The van der Waals surface area contributed by atoms with Gasteiger partial charge in [-0.3, -0.25) is 4.79 Å². The Kier molecular flexibility index (Phi) is 3.78. The van der Waals surface area contributed by atoms with Crippen molar-refractivity contribution in [2.45, 2.75) is 25.7 Å². The highest BCUT2D eigenvalue weighted by atomic mass is 16.4. The molecule has 2 aromatic carbocycles. The number of rotatable bonds is 5. The van der Waals surface area contributed by atoms with Gasteiger partial charge in [0.2, 0.25) is 0 Å². The van der Waals surface area contributed by atoms with Gasteiger partial charge in [-0.05, 0) is 42.7 Å². The summed E-state index contributed by atoms with van der Waals surface area (Å²) < 4.78 is 0. The van der Waals surface area contributed by atoms with E-state index in [0.717, 1.165) is 12.0 Å². The summed E-state index contributed by atoms with van der Waals surface area (Å²) in [5, 5.41) is 9.56. The van der Waals surface area contributed by atoms with E-state index in [4.69, 9.17) is 0 Å². The summed E-state index contributed by atoms with van der Waals surface area (Å²) in [6.07, 6.45) is 1.62. The molecule has 1 saturated carbocycles. The number of hydrogen-bond donors (Lipinski definition) is 1. The van der Waals surface area contributed by atoms with E-state index >= 15 is 0 Å². The summed E-state index contributed by atoms with van der Waals surface area (Å²) in [4.78, 5) is 11.6. The van der Waals surface area contributed by atoms with E-state index < -0.39 is 5.97 Å². The Labute approximate surface area is 125 Å². The smallest absolute Gasteiger partial charge is 0.307 e. The number of aryl methyl sites for hydroxylation is 1. The minimum atomic E-state index is -0.668. The maximum atomic E-state index is 11.6. The van der Waals surface area contributed by atoms with Gasteiger partial charge in [-0.25, -0.2) is 0 Å². The molecule has 0 aliphatic heterocycles. The topological polar surface area (TPSA) is 37.3 Å². The summed E-state index contributed by atoms with van der Waals surface area (Å²) in [5.41, 5.74) is 3.60. The second-order valence-electron chi connectivity index (χ2n) is 6.05. The van der Waals surface area contributed by atoms with Crippen molar-refractivity contribution in [2.24, 2.45) is 11.8 Å². The standard InChI is InChI=1S/C19H20O2/c1-13-7-9-14(10-8-13)11-18(19(20)21)17-12-16(17)15-5-3-2-4-6-15/h2-10,16-18H,11-12H2,1H3,(H,20,21). The average molecular weight is 280 g/mol. The Hall–Kier alpha value is -2.09. The molecular weight excluding hydrogens is 260 g/mol. The molecule has 2 aromatic rings. The quantitative estimate of drug-likeness (QED) is 0.897. The van der Waals surface area contributed by atoms with Crippen LogP contribution in [-0.4, -0.2) is 11.1 Å². The number of carbonyl (C=O) groups is 1. The minimum Gasteiger partial charge on any atom is -0.481 e. The van der Waals surface area contributed by atoms with Crippen molar-refractivity contribution in [2.75, 3.05) is 0 Å². The fourth-order valence-electron chi connectivity index (χ4n) is 3.14. The lowest BCUT2D eigenvalue weighted by Gasteiger charge is -2.12. The molecular formula is C19H20O2. The Morgan fingerprint density at radius 2 is 1.81 bits per heavy atom. The molecule has 1 aliphatic carbocycles. The van der Waals surface area contributed by atoms with Crippen LogP contribution in [0.15, 0.2) is 54.6 Å². The van der Waals surface area contributed by atoms with Crippen LogP contribution >= 0.6 is 0 Å². The molecule has 108 valence electrons. The molecule has 2 heteroatoms. The summed E-state index contributed by atoms with van der Waals surface area (Å²) in [6, 6.07) is 18.5. The van der Waals surface area contributed by atoms with Crippen molar-refractivity contribution < 1.29 is 9.90 Å².